The van der Waals surface area contributed by atoms with Crippen LogP contribution in [0.5, 0.6) is 11.5 Å². The van der Waals surface area contributed by atoms with Gasteiger partial charge in [0, 0.05) is 12.5 Å². The molecule has 0 aliphatic carbocycles. The van der Waals surface area contributed by atoms with Gasteiger partial charge in [0.15, 0.2) is 0 Å². The monoisotopic (exact) mass is 425 g/mol. The second kappa shape index (κ2) is 10.8. The summed E-state index contributed by atoms with van der Waals surface area (Å²) < 4.78 is 11.2. The molecule has 1 heterocycles. The molecular formula is C24H31N3O4. The number of aryl methyl sites for hydroxylation is 2. The van der Waals surface area contributed by atoms with Gasteiger partial charge in [-0.15, -0.1) is 0 Å². The molecule has 2 aromatic rings. The third-order valence-electron chi connectivity index (χ3n) is 5.08. The van der Waals surface area contributed by atoms with Gasteiger partial charge in [-0.1, -0.05) is 18.2 Å². The van der Waals surface area contributed by atoms with E-state index in [1.54, 1.807) is 0 Å². The molecule has 2 amide bonds. The molecule has 1 aliphatic heterocycles. The summed E-state index contributed by atoms with van der Waals surface area (Å²) in [5.74, 6) is 1.37. The Morgan fingerprint density at radius 3 is 2.45 bits per heavy atom. The third-order valence-corrected chi connectivity index (χ3v) is 5.08. The molecular weight excluding hydrogens is 394 g/mol. The Labute approximate surface area is 183 Å². The van der Waals surface area contributed by atoms with E-state index in [4.69, 9.17) is 9.47 Å². The van der Waals surface area contributed by atoms with Crippen LogP contribution >= 0.6 is 0 Å². The molecule has 1 atom stereocenters. The second-order valence-electron chi connectivity index (χ2n) is 7.73. The number of carbonyl (C=O) groups is 2. The lowest BCUT2D eigenvalue weighted by atomic mass is 10.0. The first-order valence-corrected chi connectivity index (χ1v) is 10.7. The molecule has 0 bridgehead atoms. The summed E-state index contributed by atoms with van der Waals surface area (Å²) in [5.41, 5.74) is 3.31. The molecule has 1 unspecified atom stereocenters. The highest BCUT2D eigenvalue weighted by molar-refractivity contribution is 5.85. The standard InChI is InChI=1S/C24H31N3O4/c1-4-30-20-7-5-19(6-8-20)22-14-24(29)27(16-26-22)15-23(28)25-9-10-31-21-12-17(2)11-18(3)13-21/h5-8,11-13,22,26H,4,9-10,14-16H2,1-3H3,(H,25,28). The van der Waals surface area contributed by atoms with Gasteiger partial charge in [0.05, 0.1) is 19.8 Å². The van der Waals surface area contributed by atoms with E-state index in [1.165, 1.54) is 4.90 Å². The zero-order valence-electron chi connectivity index (χ0n) is 18.4. The molecule has 2 N–H and O–H groups in total. The van der Waals surface area contributed by atoms with Crippen LogP contribution in [0.15, 0.2) is 42.5 Å². The number of carbonyl (C=O) groups excluding carboxylic acids is 2. The van der Waals surface area contributed by atoms with Crippen molar-refractivity contribution >= 4 is 11.8 Å². The Bertz CT molecular complexity index is 878. The number of ether oxygens (including phenoxy) is 2. The first-order chi connectivity index (χ1) is 14.9. The summed E-state index contributed by atoms with van der Waals surface area (Å²) in [7, 11) is 0. The molecule has 2 aromatic carbocycles. The Balaban J connectivity index is 1.39. The van der Waals surface area contributed by atoms with Crippen molar-refractivity contribution in [2.75, 3.05) is 33.0 Å². The fraction of sp³-hybridized carbons (Fsp3) is 0.417. The van der Waals surface area contributed by atoms with E-state index >= 15 is 0 Å². The van der Waals surface area contributed by atoms with Crippen LogP contribution in [-0.4, -0.2) is 49.7 Å². The Morgan fingerprint density at radius 2 is 1.81 bits per heavy atom. The molecule has 1 saturated heterocycles. The van der Waals surface area contributed by atoms with Gasteiger partial charge < -0.3 is 19.7 Å². The first kappa shape index (κ1) is 22.6. The maximum absolute atomic E-state index is 12.5. The molecule has 0 spiro atoms. The number of amides is 2. The van der Waals surface area contributed by atoms with Crippen molar-refractivity contribution in [3.8, 4) is 11.5 Å². The van der Waals surface area contributed by atoms with Gasteiger partial charge in [-0.25, -0.2) is 0 Å². The van der Waals surface area contributed by atoms with Crippen molar-refractivity contribution in [3.05, 3.63) is 59.2 Å². The summed E-state index contributed by atoms with van der Waals surface area (Å²) in [5, 5.41) is 6.14. The molecule has 0 aromatic heterocycles. The van der Waals surface area contributed by atoms with Crippen molar-refractivity contribution in [2.45, 2.75) is 33.2 Å². The molecule has 0 radical (unpaired) electrons. The van der Waals surface area contributed by atoms with E-state index in [9.17, 15) is 9.59 Å². The maximum Gasteiger partial charge on any atom is 0.239 e. The van der Waals surface area contributed by atoms with E-state index in [1.807, 2.05) is 57.2 Å². The summed E-state index contributed by atoms with van der Waals surface area (Å²) >= 11 is 0. The minimum atomic E-state index is -0.196. The van der Waals surface area contributed by atoms with E-state index < -0.39 is 0 Å². The Kier molecular flexibility index (Phi) is 7.89. The molecule has 166 valence electrons. The molecule has 7 nitrogen and oxygen atoms in total. The first-order valence-electron chi connectivity index (χ1n) is 10.7. The quantitative estimate of drug-likeness (QED) is 0.604. The average Bonchev–Trinajstić information content (AvgIpc) is 2.73. The van der Waals surface area contributed by atoms with Crippen LogP contribution in [0.3, 0.4) is 0 Å². The zero-order chi connectivity index (χ0) is 22.2. The second-order valence-corrected chi connectivity index (χ2v) is 7.73. The van der Waals surface area contributed by atoms with E-state index in [2.05, 4.69) is 16.7 Å². The highest BCUT2D eigenvalue weighted by atomic mass is 16.5. The number of nitrogens with one attached hydrogen (secondary N) is 2. The van der Waals surface area contributed by atoms with Gasteiger partial charge in [-0.05, 0) is 61.7 Å². The van der Waals surface area contributed by atoms with Gasteiger partial charge >= 0.3 is 0 Å². The van der Waals surface area contributed by atoms with Crippen molar-refractivity contribution < 1.29 is 19.1 Å². The summed E-state index contributed by atoms with van der Waals surface area (Å²) in [6.45, 7) is 7.73. The third kappa shape index (κ3) is 6.72. The minimum absolute atomic E-state index is 0.0331. The van der Waals surface area contributed by atoms with Crippen LogP contribution in [0.1, 0.15) is 36.1 Å². The van der Waals surface area contributed by atoms with Crippen LogP contribution in [0.2, 0.25) is 0 Å². The van der Waals surface area contributed by atoms with Crippen LogP contribution in [0, 0.1) is 13.8 Å². The van der Waals surface area contributed by atoms with E-state index in [0.29, 0.717) is 32.8 Å². The number of rotatable bonds is 9. The summed E-state index contributed by atoms with van der Waals surface area (Å²) in [6, 6.07) is 13.7. The average molecular weight is 426 g/mol. The normalized spacial score (nSPS) is 16.2. The lowest BCUT2D eigenvalue weighted by Gasteiger charge is -2.32. The maximum atomic E-state index is 12.5. The Hall–Kier alpha value is -3.06. The van der Waals surface area contributed by atoms with Gasteiger partial charge in [0.2, 0.25) is 11.8 Å². The fourth-order valence-corrected chi connectivity index (χ4v) is 3.63. The number of hydrogen-bond donors (Lipinski definition) is 2. The van der Waals surface area contributed by atoms with Crippen molar-refractivity contribution in [1.82, 2.24) is 15.5 Å². The summed E-state index contributed by atoms with van der Waals surface area (Å²) in [4.78, 5) is 26.3. The van der Waals surface area contributed by atoms with Crippen molar-refractivity contribution in [1.29, 1.82) is 0 Å². The predicted octanol–water partition coefficient (Wildman–Crippen LogP) is 2.72. The minimum Gasteiger partial charge on any atom is -0.494 e. The SMILES string of the molecule is CCOc1ccc(C2CC(=O)N(CC(=O)NCCOc3cc(C)cc(C)c3)CN2)cc1. The number of benzene rings is 2. The molecule has 3 rings (SSSR count). The van der Waals surface area contributed by atoms with Crippen LogP contribution in [0.25, 0.3) is 0 Å². The highest BCUT2D eigenvalue weighted by Crippen LogP contribution is 2.23. The van der Waals surface area contributed by atoms with Gasteiger partial charge in [-0.2, -0.15) is 0 Å². The lowest BCUT2D eigenvalue weighted by Crippen LogP contribution is -2.50. The summed E-state index contributed by atoms with van der Waals surface area (Å²) in [6.07, 6.45) is 0.317. The number of nitrogens with zero attached hydrogens (tertiary/aromatic N) is 1. The van der Waals surface area contributed by atoms with Gasteiger partial charge in [0.1, 0.15) is 24.7 Å². The van der Waals surface area contributed by atoms with E-state index in [-0.39, 0.29) is 24.4 Å². The topological polar surface area (TPSA) is 79.9 Å². The van der Waals surface area contributed by atoms with Crippen LogP contribution in [0.4, 0.5) is 0 Å². The molecule has 31 heavy (non-hydrogen) atoms. The van der Waals surface area contributed by atoms with Gasteiger partial charge in [0.25, 0.3) is 0 Å². The smallest absolute Gasteiger partial charge is 0.239 e. The fourth-order valence-electron chi connectivity index (χ4n) is 3.63. The highest BCUT2D eigenvalue weighted by Gasteiger charge is 2.27. The largest absolute Gasteiger partial charge is 0.494 e. The molecule has 7 heteroatoms. The van der Waals surface area contributed by atoms with E-state index in [0.717, 1.165) is 28.2 Å². The predicted molar refractivity (Wildman–Crippen MR) is 119 cm³/mol. The van der Waals surface area contributed by atoms with Crippen LogP contribution in [-0.2, 0) is 9.59 Å². The Morgan fingerprint density at radius 1 is 1.10 bits per heavy atom. The van der Waals surface area contributed by atoms with Gasteiger partial charge in [-0.3, -0.25) is 14.9 Å². The molecule has 1 fully saturated rings. The zero-order valence-corrected chi connectivity index (χ0v) is 18.4. The molecule has 1 aliphatic rings. The van der Waals surface area contributed by atoms with Crippen LogP contribution < -0.4 is 20.1 Å². The lowest BCUT2D eigenvalue weighted by molar-refractivity contribution is -0.139. The van der Waals surface area contributed by atoms with Crippen molar-refractivity contribution in [3.63, 3.8) is 0 Å². The number of hydrogen-bond acceptors (Lipinski definition) is 5. The van der Waals surface area contributed by atoms with Crippen molar-refractivity contribution in [2.24, 2.45) is 0 Å². The molecule has 0 saturated carbocycles.